The van der Waals surface area contributed by atoms with Crippen molar-refractivity contribution < 1.29 is 18.0 Å². The number of aromatic nitrogens is 3. The van der Waals surface area contributed by atoms with Crippen LogP contribution in [0, 0.1) is 6.92 Å². The summed E-state index contributed by atoms with van der Waals surface area (Å²) in [5, 5.41) is 6.98. The fraction of sp³-hybridized carbons (Fsp3) is 0.194. The van der Waals surface area contributed by atoms with Crippen LogP contribution in [0.2, 0.25) is 0 Å². The number of carbonyl (C=O) groups is 1. The number of carbonyl (C=O) groups excluding carboxylic acids is 1. The highest BCUT2D eigenvalue weighted by Crippen LogP contribution is 2.38. The molecule has 1 unspecified atom stereocenters. The lowest BCUT2D eigenvalue weighted by molar-refractivity contribution is -0.137. The van der Waals surface area contributed by atoms with Gasteiger partial charge in [0, 0.05) is 22.7 Å². The Bertz CT molecular complexity index is 1860. The van der Waals surface area contributed by atoms with E-state index in [1.54, 1.807) is 12.3 Å². The van der Waals surface area contributed by atoms with Crippen molar-refractivity contribution >= 4 is 45.1 Å². The minimum Gasteiger partial charge on any atom is -0.382 e. The molecule has 0 radical (unpaired) electrons. The Labute approximate surface area is 239 Å². The van der Waals surface area contributed by atoms with Crippen LogP contribution >= 0.6 is 0 Å². The number of benzene rings is 3. The Morgan fingerprint density at radius 1 is 1.02 bits per heavy atom. The molecule has 1 aliphatic rings. The first-order valence-electron chi connectivity index (χ1n) is 13.5. The van der Waals surface area contributed by atoms with Crippen LogP contribution in [0.25, 0.3) is 33.1 Å². The lowest BCUT2D eigenvalue weighted by Gasteiger charge is -2.20. The molecule has 42 heavy (non-hydrogen) atoms. The minimum atomic E-state index is -4.45. The van der Waals surface area contributed by atoms with Crippen molar-refractivity contribution in [2.45, 2.75) is 38.4 Å². The van der Waals surface area contributed by atoms with Crippen LogP contribution in [0.1, 0.15) is 36.3 Å². The zero-order valence-corrected chi connectivity index (χ0v) is 22.7. The van der Waals surface area contributed by atoms with Gasteiger partial charge in [-0.25, -0.2) is 14.8 Å². The van der Waals surface area contributed by atoms with Crippen LogP contribution in [0.3, 0.4) is 0 Å². The topological polar surface area (TPSA) is 123 Å². The number of rotatable bonds is 4. The molecule has 0 aliphatic heterocycles. The molecule has 0 saturated carbocycles. The average molecular weight is 572 g/mol. The molecular formula is C31H28F3N7O. The van der Waals surface area contributed by atoms with Crippen molar-refractivity contribution in [3.63, 3.8) is 0 Å². The first kappa shape index (κ1) is 27.3. The highest BCUT2D eigenvalue weighted by Gasteiger charge is 2.30. The summed E-state index contributed by atoms with van der Waals surface area (Å²) in [5.74, 6) is 1.12. The van der Waals surface area contributed by atoms with E-state index in [9.17, 15) is 18.0 Å². The zero-order valence-electron chi connectivity index (χ0n) is 22.7. The number of aryl methyl sites for hydroxylation is 1. The number of anilines is 3. The summed E-state index contributed by atoms with van der Waals surface area (Å²) < 4.78 is 40.7. The summed E-state index contributed by atoms with van der Waals surface area (Å²) in [6.45, 7) is 1.93. The smallest absolute Gasteiger partial charge is 0.382 e. The second kappa shape index (κ2) is 10.5. The molecule has 11 heteroatoms. The highest BCUT2D eigenvalue weighted by atomic mass is 19.4. The van der Waals surface area contributed by atoms with Gasteiger partial charge in [-0.05, 0) is 67.5 Å². The summed E-state index contributed by atoms with van der Waals surface area (Å²) in [5.41, 5.74) is 16.8. The van der Waals surface area contributed by atoms with Gasteiger partial charge in [0.2, 0.25) is 0 Å². The van der Waals surface area contributed by atoms with E-state index in [0.717, 1.165) is 64.8 Å². The lowest BCUT2D eigenvalue weighted by Crippen LogP contribution is -2.21. The number of imidazole rings is 1. The van der Waals surface area contributed by atoms with Crippen LogP contribution in [-0.2, 0) is 6.18 Å². The summed E-state index contributed by atoms with van der Waals surface area (Å²) in [7, 11) is 0. The Kier molecular flexibility index (Phi) is 6.82. The molecule has 1 aliphatic carbocycles. The largest absolute Gasteiger partial charge is 0.416 e. The van der Waals surface area contributed by atoms with Crippen LogP contribution in [-0.4, -0.2) is 26.4 Å². The number of nitrogen functional groups attached to an aromatic ring is 1. The highest BCUT2D eigenvalue weighted by molar-refractivity contribution is 6.11. The maximum atomic E-state index is 12.9. The van der Waals surface area contributed by atoms with Crippen LogP contribution in [0.4, 0.5) is 35.2 Å². The molecule has 214 valence electrons. The first-order valence-corrected chi connectivity index (χ1v) is 13.5. The van der Waals surface area contributed by atoms with Crippen molar-refractivity contribution in [3.8, 4) is 11.3 Å². The van der Waals surface area contributed by atoms with E-state index < -0.39 is 17.8 Å². The number of urea groups is 1. The molecule has 2 amide bonds. The molecule has 2 heterocycles. The van der Waals surface area contributed by atoms with Gasteiger partial charge in [0.25, 0.3) is 0 Å². The molecule has 8 nitrogen and oxygen atoms in total. The molecule has 3 aromatic carbocycles. The van der Waals surface area contributed by atoms with Crippen molar-refractivity contribution in [2.75, 3.05) is 16.4 Å². The van der Waals surface area contributed by atoms with E-state index in [4.69, 9.17) is 16.5 Å². The normalized spacial score (nSPS) is 15.5. The van der Waals surface area contributed by atoms with E-state index in [1.165, 1.54) is 12.1 Å². The van der Waals surface area contributed by atoms with Crippen LogP contribution < -0.4 is 22.1 Å². The minimum absolute atomic E-state index is 0.154. The number of nitrogens with one attached hydrogen (secondary N) is 2. The standard InChI is InChI=1S/C31H28F3N7O/c1-17-38-27(28-29(36)37-16-26(41(17)28)18-6-10-20(35)11-7-18)24-14-15-25(23-5-3-2-4-22(23)24)40-30(42)39-21-12-8-19(9-13-21)31(32,33)34/h2-6,8-9,12-16,20H,7,10-11,35H2,1H3,(H2,36,37)(H2,39,40,42). The third-order valence-electron chi connectivity index (χ3n) is 7.53. The van der Waals surface area contributed by atoms with Gasteiger partial charge >= 0.3 is 12.2 Å². The van der Waals surface area contributed by atoms with Gasteiger partial charge in [-0.2, -0.15) is 13.2 Å². The Hall–Kier alpha value is -4.90. The van der Waals surface area contributed by atoms with E-state index in [0.29, 0.717) is 22.7 Å². The molecule has 1 atom stereocenters. The Morgan fingerprint density at radius 3 is 2.45 bits per heavy atom. The number of fused-ring (bicyclic) bond motifs is 2. The van der Waals surface area contributed by atoms with Gasteiger partial charge in [-0.3, -0.25) is 4.40 Å². The van der Waals surface area contributed by atoms with Crippen molar-refractivity contribution in [1.82, 2.24) is 14.4 Å². The molecule has 0 bridgehead atoms. The van der Waals surface area contributed by atoms with Gasteiger partial charge in [0.05, 0.1) is 23.1 Å². The maximum absolute atomic E-state index is 12.9. The summed E-state index contributed by atoms with van der Waals surface area (Å²) in [6.07, 6.45) is 2.02. The van der Waals surface area contributed by atoms with E-state index >= 15 is 0 Å². The molecule has 2 aromatic heterocycles. The number of alkyl halides is 3. The summed E-state index contributed by atoms with van der Waals surface area (Å²) in [6, 6.07) is 15.0. The molecule has 6 rings (SSSR count). The fourth-order valence-corrected chi connectivity index (χ4v) is 5.46. The van der Waals surface area contributed by atoms with Gasteiger partial charge in [0.15, 0.2) is 0 Å². The van der Waals surface area contributed by atoms with Gasteiger partial charge in [0.1, 0.15) is 22.9 Å². The average Bonchev–Trinajstić information content (AvgIpc) is 3.31. The van der Waals surface area contributed by atoms with Gasteiger partial charge in [-0.1, -0.05) is 36.4 Å². The summed E-state index contributed by atoms with van der Waals surface area (Å²) >= 11 is 0. The predicted octanol–water partition coefficient (Wildman–Crippen LogP) is 7.00. The number of allylic oxidation sites excluding steroid dienone is 1. The third-order valence-corrected chi connectivity index (χ3v) is 7.53. The molecule has 0 fully saturated rings. The van der Waals surface area contributed by atoms with Crippen LogP contribution in [0.15, 0.2) is 72.9 Å². The molecule has 0 saturated heterocycles. The van der Waals surface area contributed by atoms with Crippen LogP contribution in [0.5, 0.6) is 0 Å². The summed E-state index contributed by atoms with van der Waals surface area (Å²) in [4.78, 5) is 22.2. The monoisotopic (exact) mass is 571 g/mol. The number of hydrogen-bond acceptors (Lipinski definition) is 5. The van der Waals surface area contributed by atoms with E-state index in [2.05, 4.69) is 21.7 Å². The fourth-order valence-electron chi connectivity index (χ4n) is 5.46. The second-order valence-electron chi connectivity index (χ2n) is 10.3. The van der Waals surface area contributed by atoms with Crippen molar-refractivity contribution in [1.29, 1.82) is 0 Å². The molecular weight excluding hydrogens is 543 g/mol. The SMILES string of the molecule is Cc1nc(-c2ccc(NC(=O)Nc3ccc(C(F)(F)F)cc3)c3ccccc23)c2c(N)ncc(C3=CCC(N)CC3)n12. The predicted molar refractivity (Wildman–Crippen MR) is 159 cm³/mol. The molecule has 5 aromatic rings. The van der Waals surface area contributed by atoms with Crippen molar-refractivity contribution in [3.05, 3.63) is 90.0 Å². The molecule has 0 spiro atoms. The second-order valence-corrected chi connectivity index (χ2v) is 10.3. The first-order chi connectivity index (χ1) is 20.1. The third kappa shape index (κ3) is 5.03. The number of nitrogens with two attached hydrogens (primary N) is 2. The molecule has 6 N–H and O–H groups in total. The van der Waals surface area contributed by atoms with Crippen molar-refractivity contribution in [2.24, 2.45) is 5.73 Å². The van der Waals surface area contributed by atoms with E-state index in [1.807, 2.05) is 41.7 Å². The Morgan fingerprint density at radius 2 is 1.76 bits per heavy atom. The van der Waals surface area contributed by atoms with Gasteiger partial charge in [-0.15, -0.1) is 0 Å². The number of nitrogens with zero attached hydrogens (tertiary/aromatic N) is 3. The quantitative estimate of drug-likeness (QED) is 0.185. The Balaban J connectivity index is 1.36. The number of halogens is 3. The lowest BCUT2D eigenvalue weighted by atomic mass is 9.94. The van der Waals surface area contributed by atoms with Gasteiger partial charge < -0.3 is 22.1 Å². The zero-order chi connectivity index (χ0) is 29.6. The van der Waals surface area contributed by atoms with E-state index in [-0.39, 0.29) is 11.7 Å². The number of amides is 2. The number of hydrogen-bond donors (Lipinski definition) is 4. The maximum Gasteiger partial charge on any atom is 0.416 e.